The lowest BCUT2D eigenvalue weighted by atomic mass is 10.2. The van der Waals surface area contributed by atoms with Crippen LogP contribution in [-0.4, -0.2) is 44.7 Å². The Morgan fingerprint density at radius 3 is 2.53 bits per heavy atom. The average molecular weight is 464 g/mol. The van der Waals surface area contributed by atoms with Gasteiger partial charge in [-0.15, -0.1) is 0 Å². The van der Waals surface area contributed by atoms with Crippen LogP contribution in [0.25, 0.3) is 0 Å². The van der Waals surface area contributed by atoms with Crippen molar-refractivity contribution in [1.82, 2.24) is 5.32 Å². The van der Waals surface area contributed by atoms with Crippen LogP contribution >= 0.6 is 11.6 Å². The number of amides is 1. The first-order chi connectivity index (χ1) is 15.4. The standard InChI is InChI=1S/C23H26ClNO7/c1-3-30-22(27)9-6-12-25-21(26)15-32-23(28)16-10-11-19(20(13-16)29-2)31-14-17-7-4-5-8-18(17)24/h4-5,7-8,10-11,13H,3,6,9,12,14-15H2,1-2H3,(H,25,26). The molecule has 2 aromatic rings. The molecule has 0 saturated heterocycles. The zero-order valence-electron chi connectivity index (χ0n) is 18.0. The number of nitrogens with one attached hydrogen (secondary N) is 1. The van der Waals surface area contributed by atoms with Crippen molar-refractivity contribution in [3.8, 4) is 11.5 Å². The quantitative estimate of drug-likeness (QED) is 0.379. The first-order valence-corrected chi connectivity index (χ1v) is 10.5. The Morgan fingerprint density at radius 1 is 1.03 bits per heavy atom. The number of hydrogen-bond acceptors (Lipinski definition) is 7. The molecule has 0 aliphatic heterocycles. The molecule has 2 rings (SSSR count). The minimum atomic E-state index is -0.678. The summed E-state index contributed by atoms with van der Waals surface area (Å²) in [6.07, 6.45) is 0.643. The highest BCUT2D eigenvalue weighted by atomic mass is 35.5. The van der Waals surface area contributed by atoms with Crippen LogP contribution in [0.15, 0.2) is 42.5 Å². The van der Waals surface area contributed by atoms with Crippen LogP contribution in [0, 0.1) is 0 Å². The van der Waals surface area contributed by atoms with E-state index < -0.39 is 18.5 Å². The van der Waals surface area contributed by atoms with E-state index in [1.165, 1.54) is 19.2 Å². The minimum absolute atomic E-state index is 0.207. The van der Waals surface area contributed by atoms with Crippen molar-refractivity contribution in [2.24, 2.45) is 0 Å². The topological polar surface area (TPSA) is 100 Å². The van der Waals surface area contributed by atoms with Gasteiger partial charge in [-0.2, -0.15) is 0 Å². The first-order valence-electron chi connectivity index (χ1n) is 10.1. The van der Waals surface area contributed by atoms with Gasteiger partial charge in [-0.05, 0) is 37.6 Å². The summed E-state index contributed by atoms with van der Waals surface area (Å²) in [6, 6.07) is 11.9. The minimum Gasteiger partial charge on any atom is -0.493 e. The summed E-state index contributed by atoms with van der Waals surface area (Å²) < 4.78 is 20.9. The molecule has 0 saturated carbocycles. The number of rotatable bonds is 12. The van der Waals surface area contributed by atoms with Crippen molar-refractivity contribution in [2.75, 3.05) is 26.9 Å². The van der Waals surface area contributed by atoms with Gasteiger partial charge >= 0.3 is 11.9 Å². The molecule has 0 fully saturated rings. The molecule has 1 N–H and O–H groups in total. The summed E-state index contributed by atoms with van der Waals surface area (Å²) in [6.45, 7) is 2.12. The SMILES string of the molecule is CCOC(=O)CCCNC(=O)COC(=O)c1ccc(OCc2ccccc2Cl)c(OC)c1. The fraction of sp³-hybridized carbons (Fsp3) is 0.348. The molecule has 9 heteroatoms. The summed E-state index contributed by atoms with van der Waals surface area (Å²) in [7, 11) is 1.45. The van der Waals surface area contributed by atoms with Crippen molar-refractivity contribution in [1.29, 1.82) is 0 Å². The van der Waals surface area contributed by atoms with E-state index in [0.717, 1.165) is 5.56 Å². The number of carbonyl (C=O) groups excluding carboxylic acids is 3. The van der Waals surface area contributed by atoms with Crippen molar-refractivity contribution in [3.05, 3.63) is 58.6 Å². The van der Waals surface area contributed by atoms with Gasteiger partial charge in [-0.25, -0.2) is 4.79 Å². The van der Waals surface area contributed by atoms with Gasteiger partial charge in [0.1, 0.15) is 6.61 Å². The Hall–Kier alpha value is -3.26. The number of halogens is 1. The number of carbonyl (C=O) groups is 3. The van der Waals surface area contributed by atoms with Gasteiger partial charge in [0.25, 0.3) is 5.91 Å². The van der Waals surface area contributed by atoms with Crippen LogP contribution in [0.3, 0.4) is 0 Å². The van der Waals surface area contributed by atoms with Crippen LogP contribution < -0.4 is 14.8 Å². The van der Waals surface area contributed by atoms with Crippen LogP contribution in [0.1, 0.15) is 35.7 Å². The van der Waals surface area contributed by atoms with Gasteiger partial charge in [0.05, 0.1) is 19.3 Å². The predicted octanol–water partition coefficient (Wildman–Crippen LogP) is 3.54. The lowest BCUT2D eigenvalue weighted by molar-refractivity contribution is -0.143. The maximum Gasteiger partial charge on any atom is 0.338 e. The summed E-state index contributed by atoms with van der Waals surface area (Å²) in [5.74, 6) is -0.684. The molecule has 32 heavy (non-hydrogen) atoms. The molecule has 0 atom stereocenters. The van der Waals surface area contributed by atoms with Crippen molar-refractivity contribution < 1.29 is 33.3 Å². The number of methoxy groups -OCH3 is 1. The van der Waals surface area contributed by atoms with E-state index in [-0.39, 0.29) is 31.1 Å². The van der Waals surface area contributed by atoms with Gasteiger partial charge < -0.3 is 24.3 Å². The van der Waals surface area contributed by atoms with Crippen molar-refractivity contribution in [2.45, 2.75) is 26.4 Å². The Kier molecular flexibility index (Phi) is 10.3. The molecule has 0 heterocycles. The molecule has 0 aliphatic carbocycles. The van der Waals surface area contributed by atoms with Crippen LogP contribution in [0.4, 0.5) is 0 Å². The molecule has 1 amide bonds. The smallest absolute Gasteiger partial charge is 0.338 e. The molecule has 0 radical (unpaired) electrons. The summed E-state index contributed by atoms with van der Waals surface area (Å²) in [5, 5.41) is 3.16. The second-order valence-electron chi connectivity index (χ2n) is 6.58. The second-order valence-corrected chi connectivity index (χ2v) is 6.99. The maximum absolute atomic E-state index is 12.3. The van der Waals surface area contributed by atoms with Gasteiger partial charge in [0, 0.05) is 23.6 Å². The van der Waals surface area contributed by atoms with Gasteiger partial charge in [-0.1, -0.05) is 29.8 Å². The van der Waals surface area contributed by atoms with E-state index in [1.807, 2.05) is 18.2 Å². The fourth-order valence-electron chi connectivity index (χ4n) is 2.64. The molecule has 172 valence electrons. The summed E-state index contributed by atoms with van der Waals surface area (Å²) >= 11 is 6.13. The van der Waals surface area contributed by atoms with E-state index in [1.54, 1.807) is 19.1 Å². The average Bonchev–Trinajstić information content (AvgIpc) is 2.80. The lowest BCUT2D eigenvalue weighted by Crippen LogP contribution is -2.30. The third kappa shape index (κ3) is 8.11. The molecule has 0 spiro atoms. The monoisotopic (exact) mass is 463 g/mol. The van der Waals surface area contributed by atoms with Gasteiger partial charge in [0.2, 0.25) is 0 Å². The van der Waals surface area contributed by atoms with Gasteiger partial charge in [0.15, 0.2) is 18.1 Å². The molecule has 8 nitrogen and oxygen atoms in total. The number of ether oxygens (including phenoxy) is 4. The third-order valence-corrected chi connectivity index (χ3v) is 4.63. The van der Waals surface area contributed by atoms with E-state index in [0.29, 0.717) is 29.5 Å². The Balaban J connectivity index is 1.82. The number of hydrogen-bond donors (Lipinski definition) is 1. The van der Waals surface area contributed by atoms with Crippen molar-refractivity contribution >= 4 is 29.4 Å². The Bertz CT molecular complexity index is 932. The highest BCUT2D eigenvalue weighted by molar-refractivity contribution is 6.31. The zero-order chi connectivity index (χ0) is 23.3. The van der Waals surface area contributed by atoms with E-state index in [2.05, 4.69) is 5.32 Å². The third-order valence-electron chi connectivity index (χ3n) is 4.26. The van der Waals surface area contributed by atoms with Gasteiger partial charge in [-0.3, -0.25) is 9.59 Å². The zero-order valence-corrected chi connectivity index (χ0v) is 18.8. The fourth-order valence-corrected chi connectivity index (χ4v) is 2.83. The molecular formula is C23H26ClNO7. The normalized spacial score (nSPS) is 10.2. The lowest BCUT2D eigenvalue weighted by Gasteiger charge is -2.13. The molecule has 0 aromatic heterocycles. The number of benzene rings is 2. The first kappa shape index (κ1) is 25.0. The number of esters is 2. The Labute approximate surface area is 191 Å². The summed E-state index contributed by atoms with van der Waals surface area (Å²) in [4.78, 5) is 35.3. The molecule has 2 aromatic carbocycles. The second kappa shape index (κ2) is 13.2. The van der Waals surface area contributed by atoms with Crippen LogP contribution in [0.2, 0.25) is 5.02 Å². The highest BCUT2D eigenvalue weighted by Gasteiger charge is 2.14. The predicted molar refractivity (Wildman–Crippen MR) is 118 cm³/mol. The van der Waals surface area contributed by atoms with E-state index >= 15 is 0 Å². The summed E-state index contributed by atoms with van der Waals surface area (Å²) in [5.41, 5.74) is 1.02. The molecule has 0 aliphatic rings. The van der Waals surface area contributed by atoms with E-state index in [4.69, 9.17) is 30.5 Å². The molecule has 0 unspecified atom stereocenters. The highest BCUT2D eigenvalue weighted by Crippen LogP contribution is 2.29. The Morgan fingerprint density at radius 2 is 1.81 bits per heavy atom. The maximum atomic E-state index is 12.3. The van der Waals surface area contributed by atoms with E-state index in [9.17, 15) is 14.4 Å². The van der Waals surface area contributed by atoms with Crippen LogP contribution in [-0.2, 0) is 25.7 Å². The molecular weight excluding hydrogens is 438 g/mol. The van der Waals surface area contributed by atoms with Crippen molar-refractivity contribution in [3.63, 3.8) is 0 Å². The molecule has 0 bridgehead atoms. The largest absolute Gasteiger partial charge is 0.493 e. The van der Waals surface area contributed by atoms with Crippen LogP contribution in [0.5, 0.6) is 11.5 Å².